The SMILES string of the molecule is CCc1cccc(CC)c1NC(=O)CSc1nnnn1-c1cc(C)ccc1C. The molecule has 0 bridgehead atoms. The molecule has 3 rings (SSSR count). The molecule has 0 radical (unpaired) electrons. The maximum atomic E-state index is 12.6. The lowest BCUT2D eigenvalue weighted by atomic mass is 10.0. The number of para-hydroxylation sites is 1. The molecule has 0 saturated carbocycles. The molecule has 0 saturated heterocycles. The minimum Gasteiger partial charge on any atom is -0.325 e. The molecular weight excluding hydrogens is 370 g/mol. The van der Waals surface area contributed by atoms with Crippen LogP contribution in [0.5, 0.6) is 0 Å². The Bertz CT molecular complexity index is 960. The van der Waals surface area contributed by atoms with E-state index in [-0.39, 0.29) is 11.7 Å². The van der Waals surface area contributed by atoms with E-state index in [1.807, 2.05) is 32.0 Å². The Balaban J connectivity index is 1.74. The Morgan fingerprint density at radius 1 is 1.11 bits per heavy atom. The molecule has 1 N–H and O–H groups in total. The lowest BCUT2D eigenvalue weighted by molar-refractivity contribution is -0.113. The van der Waals surface area contributed by atoms with Gasteiger partial charge in [0.05, 0.1) is 11.4 Å². The number of amides is 1. The average Bonchev–Trinajstić information content (AvgIpc) is 3.16. The molecular formula is C21H25N5OS. The third kappa shape index (κ3) is 4.42. The van der Waals surface area contributed by atoms with Gasteiger partial charge in [-0.05, 0) is 65.4 Å². The van der Waals surface area contributed by atoms with Crippen LogP contribution in [0.4, 0.5) is 5.69 Å². The first kappa shape index (κ1) is 20.1. The van der Waals surface area contributed by atoms with Crippen LogP contribution in [-0.4, -0.2) is 31.9 Å². The van der Waals surface area contributed by atoms with Crippen LogP contribution in [0.15, 0.2) is 41.6 Å². The summed E-state index contributed by atoms with van der Waals surface area (Å²) in [5, 5.41) is 15.7. The van der Waals surface area contributed by atoms with Gasteiger partial charge in [0, 0.05) is 5.69 Å². The number of nitrogens with zero attached hydrogens (tertiary/aromatic N) is 4. The summed E-state index contributed by atoms with van der Waals surface area (Å²) in [6.45, 7) is 8.24. The lowest BCUT2D eigenvalue weighted by Gasteiger charge is -2.14. The summed E-state index contributed by atoms with van der Waals surface area (Å²) >= 11 is 1.33. The van der Waals surface area contributed by atoms with Crippen molar-refractivity contribution in [2.75, 3.05) is 11.1 Å². The quantitative estimate of drug-likeness (QED) is 0.609. The molecule has 7 heteroatoms. The molecule has 6 nitrogen and oxygen atoms in total. The van der Waals surface area contributed by atoms with Crippen molar-refractivity contribution < 1.29 is 4.79 Å². The average molecular weight is 396 g/mol. The summed E-state index contributed by atoms with van der Waals surface area (Å²) in [6.07, 6.45) is 1.75. The van der Waals surface area contributed by atoms with Crippen molar-refractivity contribution in [3.05, 3.63) is 58.7 Å². The highest BCUT2D eigenvalue weighted by Crippen LogP contribution is 2.24. The van der Waals surface area contributed by atoms with Gasteiger partial charge in [-0.15, -0.1) is 5.10 Å². The first-order valence-corrected chi connectivity index (χ1v) is 10.4. The van der Waals surface area contributed by atoms with E-state index in [9.17, 15) is 4.79 Å². The lowest BCUT2D eigenvalue weighted by Crippen LogP contribution is -2.17. The van der Waals surface area contributed by atoms with E-state index in [4.69, 9.17) is 0 Å². The summed E-state index contributed by atoms with van der Waals surface area (Å²) < 4.78 is 1.69. The zero-order chi connectivity index (χ0) is 20.1. The zero-order valence-electron chi connectivity index (χ0n) is 16.7. The van der Waals surface area contributed by atoms with E-state index in [2.05, 4.69) is 52.9 Å². The van der Waals surface area contributed by atoms with E-state index >= 15 is 0 Å². The van der Waals surface area contributed by atoms with Crippen molar-refractivity contribution in [3.63, 3.8) is 0 Å². The molecule has 1 amide bonds. The maximum Gasteiger partial charge on any atom is 0.234 e. The van der Waals surface area contributed by atoms with Gasteiger partial charge in [-0.3, -0.25) is 4.79 Å². The first-order valence-electron chi connectivity index (χ1n) is 9.42. The van der Waals surface area contributed by atoms with Crippen LogP contribution in [0, 0.1) is 13.8 Å². The van der Waals surface area contributed by atoms with E-state index < -0.39 is 0 Å². The highest BCUT2D eigenvalue weighted by atomic mass is 32.2. The van der Waals surface area contributed by atoms with E-state index in [0.717, 1.165) is 46.5 Å². The number of benzene rings is 2. The number of carbonyl (C=O) groups is 1. The minimum atomic E-state index is -0.0592. The predicted octanol–water partition coefficient (Wildman–Crippen LogP) is 4.13. The number of rotatable bonds is 7. The Labute approximate surface area is 169 Å². The topological polar surface area (TPSA) is 72.7 Å². The number of hydrogen-bond acceptors (Lipinski definition) is 5. The Morgan fingerprint density at radius 2 is 1.82 bits per heavy atom. The van der Waals surface area contributed by atoms with Gasteiger partial charge in [0.2, 0.25) is 11.1 Å². The monoisotopic (exact) mass is 395 g/mol. The second-order valence-electron chi connectivity index (χ2n) is 6.66. The highest BCUT2D eigenvalue weighted by Gasteiger charge is 2.15. The van der Waals surface area contributed by atoms with Gasteiger partial charge in [-0.25, -0.2) is 0 Å². The van der Waals surface area contributed by atoms with Crippen LogP contribution in [0.3, 0.4) is 0 Å². The molecule has 0 atom stereocenters. The number of nitrogens with one attached hydrogen (secondary N) is 1. The first-order chi connectivity index (χ1) is 13.5. The van der Waals surface area contributed by atoms with Gasteiger partial charge in [0.25, 0.3) is 0 Å². The predicted molar refractivity (Wildman–Crippen MR) is 113 cm³/mol. The number of aromatic nitrogens is 4. The van der Waals surface area contributed by atoms with Crippen molar-refractivity contribution in [2.45, 2.75) is 45.7 Å². The fourth-order valence-corrected chi connectivity index (χ4v) is 3.76. The number of tetrazole rings is 1. The van der Waals surface area contributed by atoms with Crippen LogP contribution in [-0.2, 0) is 17.6 Å². The van der Waals surface area contributed by atoms with Crippen LogP contribution >= 0.6 is 11.8 Å². The van der Waals surface area contributed by atoms with Gasteiger partial charge >= 0.3 is 0 Å². The van der Waals surface area contributed by atoms with E-state index in [1.165, 1.54) is 11.8 Å². The van der Waals surface area contributed by atoms with Crippen molar-refractivity contribution in [1.82, 2.24) is 20.2 Å². The van der Waals surface area contributed by atoms with Crippen molar-refractivity contribution in [1.29, 1.82) is 0 Å². The third-order valence-corrected chi connectivity index (χ3v) is 5.55. The van der Waals surface area contributed by atoms with Crippen LogP contribution in [0.1, 0.15) is 36.1 Å². The molecule has 0 aliphatic rings. The van der Waals surface area contributed by atoms with Gasteiger partial charge in [0.15, 0.2) is 0 Å². The Kier molecular flexibility index (Phi) is 6.46. The second kappa shape index (κ2) is 9.01. The summed E-state index contributed by atoms with van der Waals surface area (Å²) in [7, 11) is 0. The Hall–Kier alpha value is -2.67. The highest BCUT2D eigenvalue weighted by molar-refractivity contribution is 7.99. The zero-order valence-corrected chi connectivity index (χ0v) is 17.5. The van der Waals surface area contributed by atoms with Crippen LogP contribution in [0.2, 0.25) is 0 Å². The smallest absolute Gasteiger partial charge is 0.234 e. The van der Waals surface area contributed by atoms with Gasteiger partial charge < -0.3 is 5.32 Å². The van der Waals surface area contributed by atoms with Crippen molar-refractivity contribution >= 4 is 23.4 Å². The summed E-state index contributed by atoms with van der Waals surface area (Å²) in [4.78, 5) is 12.6. The van der Waals surface area contributed by atoms with Crippen LogP contribution < -0.4 is 5.32 Å². The molecule has 0 aliphatic carbocycles. The fourth-order valence-electron chi connectivity index (χ4n) is 3.08. The molecule has 28 heavy (non-hydrogen) atoms. The Morgan fingerprint density at radius 3 is 2.50 bits per heavy atom. The normalized spacial score (nSPS) is 10.9. The third-order valence-electron chi connectivity index (χ3n) is 4.63. The molecule has 0 fully saturated rings. The second-order valence-corrected chi connectivity index (χ2v) is 7.60. The number of carbonyl (C=O) groups excluding carboxylic acids is 1. The standard InChI is InChI=1S/C21H25N5OS/c1-5-16-8-7-9-17(6-2)20(16)22-19(27)13-28-21-23-24-25-26(21)18-12-14(3)10-11-15(18)4/h7-12H,5-6,13H2,1-4H3,(H,22,27). The summed E-state index contributed by atoms with van der Waals surface area (Å²) in [5.41, 5.74) is 6.38. The molecule has 146 valence electrons. The summed E-state index contributed by atoms with van der Waals surface area (Å²) in [5.74, 6) is 0.183. The van der Waals surface area contributed by atoms with Crippen molar-refractivity contribution in [3.8, 4) is 5.69 Å². The number of hydrogen-bond donors (Lipinski definition) is 1. The molecule has 0 unspecified atom stereocenters. The maximum absolute atomic E-state index is 12.6. The van der Waals surface area contributed by atoms with Gasteiger partial charge in [-0.2, -0.15) is 4.68 Å². The number of aryl methyl sites for hydroxylation is 4. The van der Waals surface area contributed by atoms with E-state index in [1.54, 1.807) is 4.68 Å². The van der Waals surface area contributed by atoms with Gasteiger partial charge in [0.1, 0.15) is 0 Å². The summed E-state index contributed by atoms with van der Waals surface area (Å²) in [6, 6.07) is 12.3. The fraction of sp³-hybridized carbons (Fsp3) is 0.333. The van der Waals surface area contributed by atoms with Crippen molar-refractivity contribution in [2.24, 2.45) is 0 Å². The van der Waals surface area contributed by atoms with E-state index in [0.29, 0.717) is 5.16 Å². The minimum absolute atomic E-state index is 0.0592. The largest absolute Gasteiger partial charge is 0.325 e. The molecule has 2 aromatic carbocycles. The molecule has 1 aromatic heterocycles. The number of anilines is 1. The molecule has 0 spiro atoms. The van der Waals surface area contributed by atoms with Crippen LogP contribution in [0.25, 0.3) is 5.69 Å². The van der Waals surface area contributed by atoms with Gasteiger partial charge in [-0.1, -0.05) is 55.9 Å². The molecule has 1 heterocycles. The number of thioether (sulfide) groups is 1. The molecule has 0 aliphatic heterocycles. The molecule has 3 aromatic rings.